The summed E-state index contributed by atoms with van der Waals surface area (Å²) in [5.74, 6) is -0.209. The standard InChI is InChI=1S/C11H13N5O/c1-16(11(17)10-7-13-15-14-10)9-4-2-8(6-12)3-5-9/h2-5,7H,6,12H2,1H3,(H,13,14,15). The smallest absolute Gasteiger partial charge is 0.280 e. The van der Waals surface area contributed by atoms with Gasteiger partial charge in [0, 0.05) is 19.3 Å². The predicted octanol–water partition coefficient (Wildman–Crippen LogP) is 0.540. The van der Waals surface area contributed by atoms with Gasteiger partial charge in [-0.1, -0.05) is 12.1 Å². The summed E-state index contributed by atoms with van der Waals surface area (Å²) in [6.45, 7) is 0.487. The number of H-pyrrole nitrogens is 1. The minimum atomic E-state index is -0.209. The number of hydrogen-bond acceptors (Lipinski definition) is 4. The number of carbonyl (C=O) groups excluding carboxylic acids is 1. The molecule has 2 aromatic rings. The molecular weight excluding hydrogens is 218 g/mol. The van der Waals surface area contributed by atoms with Crippen molar-refractivity contribution in [3.05, 3.63) is 41.7 Å². The van der Waals surface area contributed by atoms with E-state index in [0.717, 1.165) is 11.3 Å². The molecular formula is C11H13N5O. The van der Waals surface area contributed by atoms with Crippen LogP contribution in [0.25, 0.3) is 0 Å². The molecule has 3 N–H and O–H groups in total. The number of benzene rings is 1. The van der Waals surface area contributed by atoms with Crippen LogP contribution in [0.5, 0.6) is 0 Å². The minimum absolute atomic E-state index is 0.209. The van der Waals surface area contributed by atoms with E-state index in [2.05, 4.69) is 15.4 Å². The second-order valence-electron chi connectivity index (χ2n) is 3.59. The maximum Gasteiger partial charge on any atom is 0.280 e. The monoisotopic (exact) mass is 231 g/mol. The van der Waals surface area contributed by atoms with Crippen LogP contribution in [0.4, 0.5) is 5.69 Å². The Balaban J connectivity index is 2.19. The summed E-state index contributed by atoms with van der Waals surface area (Å²) in [5, 5.41) is 9.77. The summed E-state index contributed by atoms with van der Waals surface area (Å²) in [7, 11) is 1.69. The third kappa shape index (κ3) is 2.31. The Morgan fingerprint density at radius 1 is 1.41 bits per heavy atom. The molecule has 1 aromatic heterocycles. The summed E-state index contributed by atoms with van der Waals surface area (Å²) in [6, 6.07) is 7.48. The molecule has 88 valence electrons. The molecule has 0 radical (unpaired) electrons. The Morgan fingerprint density at radius 3 is 2.65 bits per heavy atom. The molecule has 0 aliphatic carbocycles. The topological polar surface area (TPSA) is 87.9 Å². The predicted molar refractivity (Wildman–Crippen MR) is 63.4 cm³/mol. The number of amides is 1. The van der Waals surface area contributed by atoms with Crippen LogP contribution in [0, 0.1) is 0 Å². The van der Waals surface area contributed by atoms with E-state index in [9.17, 15) is 4.79 Å². The second-order valence-corrected chi connectivity index (χ2v) is 3.59. The summed E-state index contributed by atoms with van der Waals surface area (Å²) < 4.78 is 0. The molecule has 0 saturated heterocycles. The van der Waals surface area contributed by atoms with E-state index in [1.54, 1.807) is 7.05 Å². The highest BCUT2D eigenvalue weighted by Gasteiger charge is 2.15. The maximum atomic E-state index is 11.9. The van der Waals surface area contributed by atoms with Gasteiger partial charge in [0.1, 0.15) is 0 Å². The van der Waals surface area contributed by atoms with Gasteiger partial charge < -0.3 is 10.6 Å². The third-order valence-corrected chi connectivity index (χ3v) is 2.50. The van der Waals surface area contributed by atoms with Crippen LogP contribution >= 0.6 is 0 Å². The van der Waals surface area contributed by atoms with E-state index in [-0.39, 0.29) is 11.6 Å². The van der Waals surface area contributed by atoms with Gasteiger partial charge in [-0.25, -0.2) is 0 Å². The Kier molecular flexibility index (Phi) is 3.15. The lowest BCUT2D eigenvalue weighted by Gasteiger charge is -2.15. The van der Waals surface area contributed by atoms with Crippen molar-refractivity contribution in [2.75, 3.05) is 11.9 Å². The quantitative estimate of drug-likeness (QED) is 0.807. The van der Waals surface area contributed by atoms with Crippen LogP contribution in [-0.2, 0) is 6.54 Å². The van der Waals surface area contributed by atoms with Gasteiger partial charge in [0.25, 0.3) is 5.91 Å². The second kappa shape index (κ2) is 4.75. The van der Waals surface area contributed by atoms with Gasteiger partial charge in [0.15, 0.2) is 5.69 Å². The molecule has 1 heterocycles. The van der Waals surface area contributed by atoms with E-state index in [1.807, 2.05) is 24.3 Å². The van der Waals surface area contributed by atoms with Crippen molar-refractivity contribution in [1.29, 1.82) is 0 Å². The van der Waals surface area contributed by atoms with E-state index in [0.29, 0.717) is 6.54 Å². The normalized spacial score (nSPS) is 10.2. The maximum absolute atomic E-state index is 11.9. The van der Waals surface area contributed by atoms with Crippen molar-refractivity contribution in [3.63, 3.8) is 0 Å². The van der Waals surface area contributed by atoms with Crippen molar-refractivity contribution < 1.29 is 4.79 Å². The first kappa shape index (κ1) is 11.3. The first-order valence-corrected chi connectivity index (χ1v) is 5.15. The van der Waals surface area contributed by atoms with Gasteiger partial charge in [-0.3, -0.25) is 4.79 Å². The average Bonchev–Trinajstić information content (AvgIpc) is 2.91. The van der Waals surface area contributed by atoms with Crippen LogP contribution in [0.15, 0.2) is 30.5 Å². The van der Waals surface area contributed by atoms with Crippen molar-refractivity contribution in [2.24, 2.45) is 5.73 Å². The number of nitrogens with two attached hydrogens (primary N) is 1. The SMILES string of the molecule is CN(C(=O)c1cn[nH]n1)c1ccc(CN)cc1. The lowest BCUT2D eigenvalue weighted by molar-refractivity contribution is 0.0988. The summed E-state index contributed by atoms with van der Waals surface area (Å²) in [5.41, 5.74) is 7.61. The molecule has 0 saturated carbocycles. The molecule has 0 bridgehead atoms. The molecule has 17 heavy (non-hydrogen) atoms. The van der Waals surface area contributed by atoms with Crippen LogP contribution in [0.1, 0.15) is 16.1 Å². The number of carbonyl (C=O) groups is 1. The summed E-state index contributed by atoms with van der Waals surface area (Å²) in [4.78, 5) is 13.5. The number of aromatic nitrogens is 3. The highest BCUT2D eigenvalue weighted by Crippen LogP contribution is 2.15. The van der Waals surface area contributed by atoms with Crippen molar-refractivity contribution in [2.45, 2.75) is 6.54 Å². The summed E-state index contributed by atoms with van der Waals surface area (Å²) >= 11 is 0. The van der Waals surface area contributed by atoms with Crippen LogP contribution in [0.2, 0.25) is 0 Å². The highest BCUT2D eigenvalue weighted by atomic mass is 16.2. The minimum Gasteiger partial charge on any atom is -0.326 e. The van der Waals surface area contributed by atoms with Gasteiger partial charge >= 0.3 is 0 Å². The average molecular weight is 231 g/mol. The molecule has 6 heteroatoms. The molecule has 0 fully saturated rings. The van der Waals surface area contributed by atoms with Crippen LogP contribution in [0.3, 0.4) is 0 Å². The number of nitrogens with one attached hydrogen (secondary N) is 1. The summed E-state index contributed by atoms with van der Waals surface area (Å²) in [6.07, 6.45) is 1.40. The molecule has 6 nitrogen and oxygen atoms in total. The first-order chi connectivity index (χ1) is 8.22. The van der Waals surface area contributed by atoms with Crippen molar-refractivity contribution in [3.8, 4) is 0 Å². The molecule has 0 spiro atoms. The number of hydrogen-bond donors (Lipinski definition) is 2. The Morgan fingerprint density at radius 2 is 2.12 bits per heavy atom. The van der Waals surface area contributed by atoms with Crippen LogP contribution < -0.4 is 10.6 Å². The van der Waals surface area contributed by atoms with Gasteiger partial charge in [0.05, 0.1) is 6.20 Å². The molecule has 2 rings (SSSR count). The zero-order valence-electron chi connectivity index (χ0n) is 9.42. The fraction of sp³-hybridized carbons (Fsp3) is 0.182. The molecule has 0 aliphatic rings. The Hall–Kier alpha value is -2.21. The van der Waals surface area contributed by atoms with Crippen molar-refractivity contribution in [1.82, 2.24) is 15.4 Å². The number of anilines is 1. The van der Waals surface area contributed by atoms with E-state index >= 15 is 0 Å². The van der Waals surface area contributed by atoms with Gasteiger partial charge in [-0.2, -0.15) is 15.4 Å². The lowest BCUT2D eigenvalue weighted by Crippen LogP contribution is -2.26. The number of nitrogens with zero attached hydrogens (tertiary/aromatic N) is 3. The zero-order chi connectivity index (χ0) is 12.3. The number of aromatic amines is 1. The fourth-order valence-electron chi connectivity index (χ4n) is 1.45. The van der Waals surface area contributed by atoms with E-state index in [4.69, 9.17) is 5.73 Å². The Labute approximate surface area is 98.4 Å². The largest absolute Gasteiger partial charge is 0.326 e. The molecule has 1 amide bonds. The van der Waals surface area contributed by atoms with E-state index < -0.39 is 0 Å². The molecule has 0 aliphatic heterocycles. The lowest BCUT2D eigenvalue weighted by atomic mass is 10.2. The Bertz CT molecular complexity index is 491. The fourth-order valence-corrected chi connectivity index (χ4v) is 1.45. The van der Waals surface area contributed by atoms with Gasteiger partial charge in [-0.15, -0.1) is 0 Å². The zero-order valence-corrected chi connectivity index (χ0v) is 9.42. The number of rotatable bonds is 3. The molecule has 0 unspecified atom stereocenters. The molecule has 1 aromatic carbocycles. The van der Waals surface area contributed by atoms with Gasteiger partial charge in [-0.05, 0) is 17.7 Å². The first-order valence-electron chi connectivity index (χ1n) is 5.15. The van der Waals surface area contributed by atoms with Gasteiger partial charge in [0.2, 0.25) is 0 Å². The van der Waals surface area contributed by atoms with E-state index in [1.165, 1.54) is 11.1 Å². The third-order valence-electron chi connectivity index (χ3n) is 2.50. The molecule has 0 atom stereocenters. The van der Waals surface area contributed by atoms with Crippen LogP contribution in [-0.4, -0.2) is 28.4 Å². The highest BCUT2D eigenvalue weighted by molar-refractivity contribution is 6.04. The van der Waals surface area contributed by atoms with Crippen molar-refractivity contribution >= 4 is 11.6 Å².